The summed E-state index contributed by atoms with van der Waals surface area (Å²) in [4.78, 5) is 14.1. The number of anilines is 1. The van der Waals surface area contributed by atoms with E-state index in [1.807, 2.05) is 32.9 Å². The summed E-state index contributed by atoms with van der Waals surface area (Å²) >= 11 is 3.43. The SMILES string of the molecule is CC(C)(C)OC(=O)N1CCC(Nc2ccc(C#N)c(Br)c2)C(C)(C)C1. The second-order valence-corrected chi connectivity index (χ2v) is 9.04. The fraction of sp³-hybridized carbons (Fsp3) is 0.579. The topological polar surface area (TPSA) is 65.4 Å². The van der Waals surface area contributed by atoms with Crippen LogP contribution in [0.3, 0.4) is 0 Å². The van der Waals surface area contributed by atoms with Crippen LogP contribution in [0.25, 0.3) is 0 Å². The molecule has 0 aromatic heterocycles. The van der Waals surface area contributed by atoms with E-state index in [0.29, 0.717) is 18.7 Å². The average molecular weight is 408 g/mol. The molecule has 1 amide bonds. The molecule has 25 heavy (non-hydrogen) atoms. The summed E-state index contributed by atoms with van der Waals surface area (Å²) < 4.78 is 6.28. The van der Waals surface area contributed by atoms with Crippen LogP contribution in [0.4, 0.5) is 10.5 Å². The molecule has 1 saturated heterocycles. The molecule has 0 radical (unpaired) electrons. The molecule has 1 atom stereocenters. The minimum absolute atomic E-state index is 0.102. The van der Waals surface area contributed by atoms with Gasteiger partial charge in [0.15, 0.2) is 0 Å². The predicted molar refractivity (Wildman–Crippen MR) is 102 cm³/mol. The van der Waals surface area contributed by atoms with Gasteiger partial charge in [0.05, 0.1) is 5.56 Å². The van der Waals surface area contributed by atoms with Crippen LogP contribution in [0, 0.1) is 16.7 Å². The van der Waals surface area contributed by atoms with Gasteiger partial charge in [-0.05, 0) is 61.3 Å². The maximum atomic E-state index is 12.3. The van der Waals surface area contributed by atoms with Crippen molar-refractivity contribution in [1.29, 1.82) is 5.26 Å². The van der Waals surface area contributed by atoms with E-state index in [0.717, 1.165) is 16.6 Å². The molecule has 0 spiro atoms. The number of nitrogens with zero attached hydrogens (tertiary/aromatic N) is 2. The number of piperidine rings is 1. The first kappa shape index (κ1) is 19.6. The first-order chi connectivity index (χ1) is 11.5. The molecule has 0 bridgehead atoms. The van der Waals surface area contributed by atoms with E-state index in [1.54, 1.807) is 11.0 Å². The number of amides is 1. The number of nitrogens with one attached hydrogen (secondary N) is 1. The van der Waals surface area contributed by atoms with Gasteiger partial charge < -0.3 is 15.0 Å². The van der Waals surface area contributed by atoms with Gasteiger partial charge in [-0.15, -0.1) is 0 Å². The largest absolute Gasteiger partial charge is 0.444 e. The van der Waals surface area contributed by atoms with Gasteiger partial charge in [0.2, 0.25) is 0 Å². The van der Waals surface area contributed by atoms with E-state index in [1.165, 1.54) is 0 Å². The number of hydrogen-bond acceptors (Lipinski definition) is 4. The van der Waals surface area contributed by atoms with Crippen molar-refractivity contribution in [2.75, 3.05) is 18.4 Å². The third-order valence-corrected chi connectivity index (χ3v) is 4.97. The monoisotopic (exact) mass is 407 g/mol. The molecular weight excluding hydrogens is 382 g/mol. The summed E-state index contributed by atoms with van der Waals surface area (Å²) in [5.74, 6) is 0. The van der Waals surface area contributed by atoms with E-state index in [4.69, 9.17) is 10.00 Å². The highest BCUT2D eigenvalue weighted by molar-refractivity contribution is 9.10. The quantitative estimate of drug-likeness (QED) is 0.766. The average Bonchev–Trinajstić information content (AvgIpc) is 2.47. The van der Waals surface area contributed by atoms with Crippen LogP contribution < -0.4 is 5.32 Å². The molecule has 1 unspecified atom stereocenters. The van der Waals surface area contributed by atoms with Crippen molar-refractivity contribution < 1.29 is 9.53 Å². The number of halogens is 1. The second-order valence-electron chi connectivity index (χ2n) is 8.18. The van der Waals surface area contributed by atoms with E-state index >= 15 is 0 Å². The maximum absolute atomic E-state index is 12.3. The molecule has 1 aromatic carbocycles. The first-order valence-electron chi connectivity index (χ1n) is 8.46. The number of benzene rings is 1. The Kier molecular flexibility index (Phi) is 5.68. The zero-order valence-corrected chi connectivity index (χ0v) is 17.1. The normalized spacial score (nSPS) is 19.9. The Hall–Kier alpha value is -1.74. The van der Waals surface area contributed by atoms with Crippen molar-refractivity contribution in [3.8, 4) is 6.07 Å². The number of ether oxygens (including phenoxy) is 1. The Morgan fingerprint density at radius 3 is 2.64 bits per heavy atom. The minimum Gasteiger partial charge on any atom is -0.444 e. The Morgan fingerprint density at radius 2 is 2.12 bits per heavy atom. The van der Waals surface area contributed by atoms with Crippen LogP contribution >= 0.6 is 15.9 Å². The molecule has 136 valence electrons. The van der Waals surface area contributed by atoms with Crippen molar-refractivity contribution in [1.82, 2.24) is 4.90 Å². The Labute approximate surface area is 158 Å². The minimum atomic E-state index is -0.481. The molecule has 1 aliphatic rings. The van der Waals surface area contributed by atoms with Crippen LogP contribution in [0.2, 0.25) is 0 Å². The number of carbonyl (C=O) groups excluding carboxylic acids is 1. The number of nitriles is 1. The highest BCUT2D eigenvalue weighted by Crippen LogP contribution is 2.33. The Morgan fingerprint density at radius 1 is 1.44 bits per heavy atom. The van der Waals surface area contributed by atoms with Crippen LogP contribution in [0.5, 0.6) is 0 Å². The van der Waals surface area contributed by atoms with Gasteiger partial charge in [-0.3, -0.25) is 0 Å². The Bertz CT molecular complexity index is 689. The zero-order chi connectivity index (χ0) is 18.8. The van der Waals surface area contributed by atoms with Gasteiger partial charge in [-0.25, -0.2) is 4.79 Å². The number of rotatable bonds is 2. The van der Waals surface area contributed by atoms with Gasteiger partial charge in [-0.2, -0.15) is 5.26 Å². The van der Waals surface area contributed by atoms with Gasteiger partial charge >= 0.3 is 6.09 Å². The summed E-state index contributed by atoms with van der Waals surface area (Å²) in [6.07, 6.45) is 0.587. The van der Waals surface area contributed by atoms with Crippen molar-refractivity contribution in [3.63, 3.8) is 0 Å². The van der Waals surface area contributed by atoms with E-state index in [9.17, 15) is 4.79 Å². The molecular formula is C19H26BrN3O2. The van der Waals surface area contributed by atoms with Gasteiger partial charge in [0.1, 0.15) is 11.7 Å². The predicted octanol–water partition coefficient (Wildman–Crippen LogP) is 4.77. The molecule has 1 aromatic rings. The lowest BCUT2D eigenvalue weighted by Gasteiger charge is -2.45. The molecule has 0 aliphatic carbocycles. The lowest BCUT2D eigenvalue weighted by molar-refractivity contribution is 0.00691. The summed E-state index contributed by atoms with van der Waals surface area (Å²) in [6.45, 7) is 11.2. The molecule has 1 N–H and O–H groups in total. The van der Waals surface area contributed by atoms with Crippen LogP contribution in [0.15, 0.2) is 22.7 Å². The van der Waals surface area contributed by atoms with Crippen molar-refractivity contribution >= 4 is 27.7 Å². The van der Waals surface area contributed by atoms with Crippen LogP contribution in [-0.4, -0.2) is 35.7 Å². The summed E-state index contributed by atoms with van der Waals surface area (Å²) in [5.41, 5.74) is 1.000. The molecule has 1 heterocycles. The Balaban J connectivity index is 2.05. The zero-order valence-electron chi connectivity index (χ0n) is 15.5. The number of likely N-dealkylation sites (tertiary alicyclic amines) is 1. The summed E-state index contributed by atoms with van der Waals surface area (Å²) in [6, 6.07) is 8.02. The van der Waals surface area contributed by atoms with E-state index in [2.05, 4.69) is 41.2 Å². The second kappa shape index (κ2) is 7.25. The fourth-order valence-electron chi connectivity index (χ4n) is 3.00. The maximum Gasteiger partial charge on any atom is 0.410 e. The lowest BCUT2D eigenvalue weighted by Crippen LogP contribution is -2.54. The highest BCUT2D eigenvalue weighted by Gasteiger charge is 2.38. The summed E-state index contributed by atoms with van der Waals surface area (Å²) in [7, 11) is 0. The molecule has 0 saturated carbocycles. The fourth-order valence-corrected chi connectivity index (χ4v) is 3.47. The number of carbonyl (C=O) groups is 1. The molecule has 5 nitrogen and oxygen atoms in total. The van der Waals surface area contributed by atoms with Gasteiger partial charge in [-0.1, -0.05) is 13.8 Å². The molecule has 1 fully saturated rings. The van der Waals surface area contributed by atoms with Gasteiger partial charge in [0, 0.05) is 34.7 Å². The number of hydrogen-bond donors (Lipinski definition) is 1. The molecule has 1 aliphatic heterocycles. The van der Waals surface area contributed by atoms with Crippen LogP contribution in [0.1, 0.15) is 46.6 Å². The van der Waals surface area contributed by atoms with E-state index in [-0.39, 0.29) is 17.6 Å². The summed E-state index contributed by atoms with van der Waals surface area (Å²) in [5, 5.41) is 12.6. The van der Waals surface area contributed by atoms with Crippen molar-refractivity contribution in [3.05, 3.63) is 28.2 Å². The third-order valence-electron chi connectivity index (χ3n) is 4.31. The lowest BCUT2D eigenvalue weighted by atomic mass is 9.79. The third kappa shape index (κ3) is 5.12. The van der Waals surface area contributed by atoms with E-state index < -0.39 is 5.60 Å². The van der Waals surface area contributed by atoms with Crippen molar-refractivity contribution in [2.45, 2.75) is 52.7 Å². The smallest absolute Gasteiger partial charge is 0.410 e. The molecule has 2 rings (SSSR count). The first-order valence-corrected chi connectivity index (χ1v) is 9.25. The van der Waals surface area contributed by atoms with Crippen molar-refractivity contribution in [2.24, 2.45) is 5.41 Å². The standard InChI is InChI=1S/C19H26BrN3O2/c1-18(2,3)25-17(24)23-9-8-16(19(4,5)12-23)22-14-7-6-13(11-21)15(20)10-14/h6-7,10,16,22H,8-9,12H2,1-5H3. The van der Waals surface area contributed by atoms with Crippen LogP contribution in [-0.2, 0) is 4.74 Å². The van der Waals surface area contributed by atoms with Gasteiger partial charge in [0.25, 0.3) is 0 Å². The molecule has 6 heteroatoms. The highest BCUT2D eigenvalue weighted by atomic mass is 79.9.